The minimum Gasteiger partial charge on any atom is -0.362 e. The molecule has 2 heterocycles. The van der Waals surface area contributed by atoms with E-state index in [1.165, 1.54) is 12.3 Å². The first-order valence-corrected chi connectivity index (χ1v) is 5.35. The lowest BCUT2D eigenvalue weighted by Crippen LogP contribution is -2.05. The van der Waals surface area contributed by atoms with Gasteiger partial charge in [0.05, 0.1) is 29.2 Å². The minimum absolute atomic E-state index is 0.150. The van der Waals surface area contributed by atoms with Gasteiger partial charge in [-0.1, -0.05) is 11.6 Å². The SMILES string of the molecule is Cc1cnc(CNc2ncc(Cl)cc2F)cn1. The van der Waals surface area contributed by atoms with Crippen LogP contribution in [0.1, 0.15) is 11.4 Å². The van der Waals surface area contributed by atoms with Crippen molar-refractivity contribution in [1.82, 2.24) is 15.0 Å². The van der Waals surface area contributed by atoms with Gasteiger partial charge in [-0.05, 0) is 13.0 Å². The van der Waals surface area contributed by atoms with Crippen molar-refractivity contribution in [1.29, 1.82) is 0 Å². The highest BCUT2D eigenvalue weighted by Gasteiger charge is 2.04. The van der Waals surface area contributed by atoms with Crippen LogP contribution in [0.2, 0.25) is 5.02 Å². The monoisotopic (exact) mass is 252 g/mol. The van der Waals surface area contributed by atoms with E-state index >= 15 is 0 Å². The molecule has 2 rings (SSSR count). The Balaban J connectivity index is 2.04. The predicted octanol–water partition coefficient (Wildman–Crippen LogP) is 2.58. The summed E-state index contributed by atoms with van der Waals surface area (Å²) < 4.78 is 13.4. The standard InChI is InChI=1S/C11H10ClFN4/c1-7-3-15-9(5-14-7)6-17-11-10(13)2-8(12)4-16-11/h2-5H,6H2,1H3,(H,16,17). The minimum atomic E-state index is -0.488. The number of aromatic nitrogens is 3. The molecule has 0 aliphatic rings. The average Bonchev–Trinajstić information content (AvgIpc) is 2.30. The lowest BCUT2D eigenvalue weighted by molar-refractivity contribution is 0.624. The molecule has 88 valence electrons. The van der Waals surface area contributed by atoms with E-state index in [1.807, 2.05) is 6.92 Å². The summed E-state index contributed by atoms with van der Waals surface area (Å²) >= 11 is 5.60. The van der Waals surface area contributed by atoms with E-state index in [1.54, 1.807) is 12.4 Å². The van der Waals surface area contributed by atoms with Crippen LogP contribution in [0.5, 0.6) is 0 Å². The zero-order valence-corrected chi connectivity index (χ0v) is 9.87. The molecule has 0 bridgehead atoms. The molecule has 17 heavy (non-hydrogen) atoms. The highest BCUT2D eigenvalue weighted by atomic mass is 35.5. The fraction of sp³-hybridized carbons (Fsp3) is 0.182. The molecule has 0 saturated heterocycles. The molecule has 0 spiro atoms. The zero-order valence-electron chi connectivity index (χ0n) is 9.11. The Morgan fingerprint density at radius 1 is 1.24 bits per heavy atom. The van der Waals surface area contributed by atoms with E-state index < -0.39 is 5.82 Å². The number of nitrogens with one attached hydrogen (secondary N) is 1. The van der Waals surface area contributed by atoms with Crippen LogP contribution in [0.4, 0.5) is 10.2 Å². The van der Waals surface area contributed by atoms with Gasteiger partial charge >= 0.3 is 0 Å². The molecular weight excluding hydrogens is 243 g/mol. The Bertz CT molecular complexity index is 515. The second-order valence-electron chi connectivity index (χ2n) is 3.49. The third-order valence-electron chi connectivity index (χ3n) is 2.08. The van der Waals surface area contributed by atoms with Crippen LogP contribution < -0.4 is 5.32 Å². The zero-order chi connectivity index (χ0) is 12.3. The van der Waals surface area contributed by atoms with Crippen LogP contribution in [0.15, 0.2) is 24.7 Å². The quantitative estimate of drug-likeness (QED) is 0.912. The largest absolute Gasteiger partial charge is 0.362 e. The molecule has 6 heteroatoms. The van der Waals surface area contributed by atoms with Crippen molar-refractivity contribution in [2.45, 2.75) is 13.5 Å². The number of hydrogen-bond acceptors (Lipinski definition) is 4. The molecule has 1 N–H and O–H groups in total. The summed E-state index contributed by atoms with van der Waals surface area (Å²) in [5.74, 6) is -0.339. The van der Waals surface area contributed by atoms with E-state index in [-0.39, 0.29) is 10.8 Å². The van der Waals surface area contributed by atoms with E-state index in [0.717, 1.165) is 5.69 Å². The molecule has 0 atom stereocenters. The van der Waals surface area contributed by atoms with Crippen molar-refractivity contribution in [2.24, 2.45) is 0 Å². The van der Waals surface area contributed by atoms with Crippen LogP contribution in [0.3, 0.4) is 0 Å². The number of halogens is 2. The lowest BCUT2D eigenvalue weighted by atomic mass is 10.4. The Morgan fingerprint density at radius 2 is 2.06 bits per heavy atom. The third-order valence-corrected chi connectivity index (χ3v) is 2.29. The normalized spacial score (nSPS) is 10.3. The molecule has 0 amide bonds. The molecule has 2 aromatic heterocycles. The molecule has 2 aromatic rings. The molecule has 0 fully saturated rings. The molecule has 0 radical (unpaired) electrons. The van der Waals surface area contributed by atoms with Crippen molar-refractivity contribution >= 4 is 17.4 Å². The third kappa shape index (κ3) is 3.10. The molecule has 0 aliphatic carbocycles. The smallest absolute Gasteiger partial charge is 0.166 e. The molecule has 0 unspecified atom stereocenters. The number of nitrogens with zero attached hydrogens (tertiary/aromatic N) is 3. The molecule has 0 aliphatic heterocycles. The number of anilines is 1. The molecular formula is C11H10ClFN4. The Hall–Kier alpha value is -1.75. The highest BCUT2D eigenvalue weighted by Crippen LogP contribution is 2.15. The summed E-state index contributed by atoms with van der Waals surface area (Å²) in [5, 5.41) is 3.10. The summed E-state index contributed by atoms with van der Waals surface area (Å²) in [5.41, 5.74) is 1.55. The maximum absolute atomic E-state index is 13.4. The van der Waals surface area contributed by atoms with Crippen LogP contribution in [-0.2, 0) is 6.54 Å². The second-order valence-corrected chi connectivity index (χ2v) is 3.92. The number of rotatable bonds is 3. The van der Waals surface area contributed by atoms with Gasteiger partial charge in [-0.15, -0.1) is 0 Å². The van der Waals surface area contributed by atoms with Gasteiger partial charge in [0.1, 0.15) is 0 Å². The van der Waals surface area contributed by atoms with Crippen LogP contribution in [0, 0.1) is 12.7 Å². The van der Waals surface area contributed by atoms with Gasteiger partial charge in [-0.2, -0.15) is 0 Å². The van der Waals surface area contributed by atoms with Crippen molar-refractivity contribution < 1.29 is 4.39 Å². The van der Waals surface area contributed by atoms with E-state index in [0.29, 0.717) is 12.2 Å². The summed E-state index contributed by atoms with van der Waals surface area (Å²) in [6.45, 7) is 2.21. The molecule has 0 aromatic carbocycles. The van der Waals surface area contributed by atoms with Gasteiger partial charge in [0, 0.05) is 12.4 Å². The molecule has 0 saturated carbocycles. The summed E-state index contributed by atoms with van der Waals surface area (Å²) in [7, 11) is 0. The van der Waals surface area contributed by atoms with Gasteiger partial charge in [0.25, 0.3) is 0 Å². The summed E-state index contributed by atoms with van der Waals surface area (Å²) in [6.07, 6.45) is 4.67. The first kappa shape index (κ1) is 11.7. The Kier molecular flexibility index (Phi) is 3.49. The van der Waals surface area contributed by atoms with Crippen molar-refractivity contribution in [2.75, 3.05) is 5.32 Å². The maximum atomic E-state index is 13.4. The Labute approximate surface area is 103 Å². The van der Waals surface area contributed by atoms with Crippen molar-refractivity contribution in [3.05, 3.63) is 46.9 Å². The van der Waals surface area contributed by atoms with Gasteiger partial charge in [0.15, 0.2) is 11.6 Å². The van der Waals surface area contributed by atoms with Crippen LogP contribution >= 0.6 is 11.6 Å². The topological polar surface area (TPSA) is 50.7 Å². The predicted molar refractivity (Wildman–Crippen MR) is 63.3 cm³/mol. The summed E-state index contributed by atoms with van der Waals surface area (Å²) in [4.78, 5) is 12.1. The summed E-state index contributed by atoms with van der Waals surface area (Å²) in [6, 6.07) is 1.21. The first-order chi connectivity index (χ1) is 8.15. The fourth-order valence-corrected chi connectivity index (χ4v) is 1.37. The van der Waals surface area contributed by atoms with E-state index in [4.69, 9.17) is 11.6 Å². The average molecular weight is 253 g/mol. The number of aryl methyl sites for hydroxylation is 1. The van der Waals surface area contributed by atoms with Crippen LogP contribution in [0.25, 0.3) is 0 Å². The van der Waals surface area contributed by atoms with Gasteiger partial charge < -0.3 is 5.32 Å². The maximum Gasteiger partial charge on any atom is 0.166 e. The van der Waals surface area contributed by atoms with Gasteiger partial charge in [-0.25, -0.2) is 9.37 Å². The van der Waals surface area contributed by atoms with Crippen LogP contribution in [-0.4, -0.2) is 15.0 Å². The van der Waals surface area contributed by atoms with E-state index in [2.05, 4.69) is 20.3 Å². The lowest BCUT2D eigenvalue weighted by Gasteiger charge is -2.06. The van der Waals surface area contributed by atoms with Crippen molar-refractivity contribution in [3.8, 4) is 0 Å². The number of pyridine rings is 1. The van der Waals surface area contributed by atoms with E-state index in [9.17, 15) is 4.39 Å². The molecule has 4 nitrogen and oxygen atoms in total. The highest BCUT2D eigenvalue weighted by molar-refractivity contribution is 6.30. The Morgan fingerprint density at radius 3 is 2.71 bits per heavy atom. The fourth-order valence-electron chi connectivity index (χ4n) is 1.23. The van der Waals surface area contributed by atoms with Gasteiger partial charge in [-0.3, -0.25) is 9.97 Å². The van der Waals surface area contributed by atoms with Crippen molar-refractivity contribution in [3.63, 3.8) is 0 Å². The number of hydrogen-bond donors (Lipinski definition) is 1. The first-order valence-electron chi connectivity index (χ1n) is 4.97. The van der Waals surface area contributed by atoms with Gasteiger partial charge in [0.2, 0.25) is 0 Å². The second kappa shape index (κ2) is 5.05.